The molecule has 0 bridgehead atoms. The van der Waals surface area contributed by atoms with Crippen molar-refractivity contribution in [2.24, 2.45) is 11.5 Å². The van der Waals surface area contributed by atoms with Gasteiger partial charge in [-0.15, -0.1) is 11.3 Å². The van der Waals surface area contributed by atoms with Crippen LogP contribution in [-0.2, 0) is 0 Å². The van der Waals surface area contributed by atoms with Gasteiger partial charge in [-0.25, -0.2) is 0 Å². The van der Waals surface area contributed by atoms with E-state index < -0.39 is 0 Å². The van der Waals surface area contributed by atoms with E-state index in [0.29, 0.717) is 11.1 Å². The Kier molecular flexibility index (Phi) is 6.03. The monoisotopic (exact) mass is 372 g/mol. The number of fused-ring (bicyclic) bond motifs is 3. The highest BCUT2D eigenvalue weighted by Crippen LogP contribution is 2.34. The van der Waals surface area contributed by atoms with Gasteiger partial charge in [0.15, 0.2) is 0 Å². The molecule has 8 N–H and O–H groups in total. The Morgan fingerprint density at radius 1 is 0.783 bits per heavy atom. The zero-order valence-corrected chi connectivity index (χ0v) is 14.0. The lowest BCUT2D eigenvalue weighted by molar-refractivity contribution is -0.737. The van der Waals surface area contributed by atoms with Crippen LogP contribution in [0.4, 0.5) is 0 Å². The van der Waals surface area contributed by atoms with E-state index in [1.54, 1.807) is 11.3 Å². The zero-order valence-electron chi connectivity index (χ0n) is 11.7. The summed E-state index contributed by atoms with van der Waals surface area (Å²) in [5, 5.41) is 23.8. The second kappa shape index (κ2) is 7.36. The van der Waals surface area contributed by atoms with Gasteiger partial charge in [-0.1, -0.05) is 10.3 Å². The molecule has 0 aliphatic rings. The fraction of sp³-hybridized carbons (Fsp3) is 0. The molecule has 6 nitrogen and oxygen atoms in total. The predicted molar refractivity (Wildman–Crippen MR) is 81.4 cm³/mol. The molecule has 1 aromatic heterocycles. The Labute approximate surface area is 147 Å². The summed E-state index contributed by atoms with van der Waals surface area (Å²) in [5.41, 5.74) is 12.8. The molecule has 0 saturated heterocycles. The lowest BCUT2D eigenvalue weighted by Crippen LogP contribution is -3.00. The van der Waals surface area contributed by atoms with Crippen molar-refractivity contribution in [2.45, 2.75) is 0 Å². The van der Waals surface area contributed by atoms with Crippen LogP contribution in [0.2, 0.25) is 0 Å². The van der Waals surface area contributed by atoms with Gasteiger partial charge in [0.2, 0.25) is 0 Å². The number of rotatable bonds is 2. The van der Waals surface area contributed by atoms with E-state index in [-0.39, 0.29) is 36.5 Å². The van der Waals surface area contributed by atoms with Crippen LogP contribution in [0.25, 0.3) is 20.2 Å². The summed E-state index contributed by atoms with van der Waals surface area (Å²) >= 11 is 1.65. The molecule has 0 aliphatic heterocycles. The van der Waals surface area contributed by atoms with Gasteiger partial charge < -0.3 is 35.2 Å². The maximum absolute atomic E-state index is 8.91. The van der Waals surface area contributed by atoms with Crippen LogP contribution >= 0.6 is 11.3 Å². The molecular weight excluding hydrogens is 359 g/mol. The van der Waals surface area contributed by atoms with Crippen LogP contribution in [0.5, 0.6) is 0 Å². The van der Waals surface area contributed by atoms with Crippen molar-refractivity contribution in [3.8, 4) is 0 Å². The average Bonchev–Trinajstić information content (AvgIpc) is 2.90. The Bertz CT molecular complexity index is 836. The van der Waals surface area contributed by atoms with Gasteiger partial charge in [-0.3, -0.25) is 11.5 Å². The molecule has 0 aliphatic carbocycles. The van der Waals surface area contributed by atoms with E-state index >= 15 is 0 Å². The number of halogens is 2. The molecule has 0 amide bonds. The molecule has 23 heavy (non-hydrogen) atoms. The van der Waals surface area contributed by atoms with Crippen molar-refractivity contribution in [2.75, 3.05) is 0 Å². The highest BCUT2D eigenvalue weighted by Gasteiger charge is 2.12. The van der Waals surface area contributed by atoms with Gasteiger partial charge in [0, 0.05) is 20.2 Å². The highest BCUT2D eigenvalue weighted by molar-refractivity contribution is 7.25. The van der Waals surface area contributed by atoms with Crippen LogP contribution < -0.4 is 46.6 Å². The predicted octanol–water partition coefficient (Wildman–Crippen LogP) is -7.59. The van der Waals surface area contributed by atoms with Gasteiger partial charge in [-0.05, 0) is 36.4 Å². The summed E-state index contributed by atoms with van der Waals surface area (Å²) in [4.78, 5) is 0. The Morgan fingerprint density at radius 3 is 1.52 bits per heavy atom. The van der Waals surface area contributed by atoms with E-state index in [9.17, 15) is 0 Å². The summed E-state index contributed by atoms with van der Waals surface area (Å²) < 4.78 is 2.21. The molecule has 2 aromatic carbocycles. The smallest absolute Gasteiger partial charge is 0.311 e. The van der Waals surface area contributed by atoms with Crippen LogP contribution in [0.1, 0.15) is 11.1 Å². The number of nitrogens with two attached hydrogens (primary N) is 2. The minimum absolute atomic E-state index is 0. The lowest BCUT2D eigenvalue weighted by Gasteiger charge is -1.97. The third kappa shape index (κ3) is 3.26. The van der Waals surface area contributed by atoms with Crippen LogP contribution in [0, 0.1) is 0 Å². The minimum Gasteiger partial charge on any atom is -1.00 e. The van der Waals surface area contributed by atoms with Gasteiger partial charge in [-0.2, -0.15) is 0 Å². The Morgan fingerprint density at radius 2 is 1.17 bits per heavy atom. The molecule has 0 atom stereocenters. The zero-order chi connectivity index (χ0) is 15.0. The number of thiophene rings is 1. The summed E-state index contributed by atoms with van der Waals surface area (Å²) in [6.07, 6.45) is 0. The quantitative estimate of drug-likeness (QED) is 0.116. The molecule has 0 fully saturated rings. The second-order valence-electron chi connectivity index (χ2n) is 4.57. The number of hydrogen-bond donors (Lipinski definition) is 6. The standard InChI is InChI=1S/C14H12N4O2S.2ClH/c15-13(17-19)7-1-3-11-9(5-7)10-6-8(14(16)18-20)2-4-12(10)21-11;;/h1-6,19-20H,(H2,15,17)(H2,16,18);2*1H. The first kappa shape index (κ1) is 18.8. The third-order valence-electron chi connectivity index (χ3n) is 3.33. The first-order valence-electron chi connectivity index (χ1n) is 6.16. The highest BCUT2D eigenvalue weighted by atomic mass is 35.5. The van der Waals surface area contributed by atoms with Crippen LogP contribution in [0.15, 0.2) is 36.4 Å². The second-order valence-corrected chi connectivity index (χ2v) is 5.66. The van der Waals surface area contributed by atoms with Crippen LogP contribution in [0.3, 0.4) is 0 Å². The maximum atomic E-state index is 8.91. The minimum atomic E-state index is 0. The molecule has 0 saturated carbocycles. The van der Waals surface area contributed by atoms with Gasteiger partial charge >= 0.3 is 11.7 Å². The largest absolute Gasteiger partial charge is 1.00 e. The number of amidine groups is 2. The topological polar surface area (TPSA) is 120 Å². The van der Waals surface area contributed by atoms with Gasteiger partial charge in [0.1, 0.15) is 0 Å². The molecule has 3 aromatic rings. The third-order valence-corrected chi connectivity index (χ3v) is 4.48. The lowest BCUT2D eigenvalue weighted by atomic mass is 10.1. The van der Waals surface area contributed by atoms with Crippen molar-refractivity contribution < 1.29 is 45.5 Å². The molecule has 0 radical (unpaired) electrons. The average molecular weight is 373 g/mol. The fourth-order valence-electron chi connectivity index (χ4n) is 2.24. The SMILES string of the molecule is N/C(=[NH+]/O)c1ccc2sc3ccc(/C(N)=[NH+]\O)cc3c2c1.[Cl-].[Cl-]. The number of benzene rings is 2. The molecular formula is C14H14Cl2N4O2S. The molecule has 0 unspecified atom stereocenters. The summed E-state index contributed by atoms with van der Waals surface area (Å²) in [5.74, 6) is 0.381. The molecule has 122 valence electrons. The summed E-state index contributed by atoms with van der Waals surface area (Å²) in [6.45, 7) is 0. The maximum Gasteiger partial charge on any atom is 0.311 e. The molecule has 1 heterocycles. The van der Waals surface area contributed by atoms with E-state index in [1.165, 1.54) is 0 Å². The molecule has 9 heteroatoms. The number of hydrogen-bond acceptors (Lipinski definition) is 3. The summed E-state index contributed by atoms with van der Waals surface area (Å²) in [6, 6.07) is 11.4. The van der Waals surface area contributed by atoms with Crippen molar-refractivity contribution in [3.05, 3.63) is 47.5 Å². The van der Waals surface area contributed by atoms with E-state index in [4.69, 9.17) is 21.9 Å². The van der Waals surface area contributed by atoms with Crippen molar-refractivity contribution in [1.82, 2.24) is 0 Å². The van der Waals surface area contributed by atoms with Crippen molar-refractivity contribution >= 4 is 43.2 Å². The van der Waals surface area contributed by atoms with Gasteiger partial charge in [0.25, 0.3) is 0 Å². The van der Waals surface area contributed by atoms with Crippen molar-refractivity contribution in [1.29, 1.82) is 0 Å². The first-order chi connectivity index (χ1) is 10.1. The van der Waals surface area contributed by atoms with Gasteiger partial charge in [0.05, 0.1) is 11.1 Å². The number of nitrogen functional groups attached to an aromatic ring is 2. The van der Waals surface area contributed by atoms with Crippen molar-refractivity contribution in [3.63, 3.8) is 0 Å². The molecule has 3 rings (SSSR count). The number of nitrogens with one attached hydrogen (secondary N) is 2. The first-order valence-corrected chi connectivity index (χ1v) is 6.98. The van der Waals surface area contributed by atoms with E-state index in [2.05, 4.69) is 0 Å². The Balaban J connectivity index is 0.00000132. The fourth-order valence-corrected chi connectivity index (χ4v) is 3.31. The van der Waals surface area contributed by atoms with E-state index in [1.807, 2.05) is 46.7 Å². The molecule has 0 spiro atoms. The Hall–Kier alpha value is -2.22. The normalized spacial score (nSPS) is 12.0. The van der Waals surface area contributed by atoms with Crippen LogP contribution in [-0.4, -0.2) is 22.1 Å². The summed E-state index contributed by atoms with van der Waals surface area (Å²) in [7, 11) is 0. The van der Waals surface area contributed by atoms with E-state index in [0.717, 1.165) is 20.2 Å².